The second-order valence-corrected chi connectivity index (χ2v) is 8.41. The first-order chi connectivity index (χ1) is 8.79. The third kappa shape index (κ3) is 3.52. The van der Waals surface area contributed by atoms with Crippen molar-refractivity contribution < 1.29 is 0 Å². The Labute approximate surface area is 120 Å². The molecule has 0 aromatic rings. The predicted molar refractivity (Wildman–Crippen MR) is 83.4 cm³/mol. The van der Waals surface area contributed by atoms with E-state index in [1.54, 1.807) is 0 Å². The minimum atomic E-state index is 0.365. The Morgan fingerprint density at radius 3 is 2.32 bits per heavy atom. The second-order valence-electron chi connectivity index (χ2n) is 8.41. The van der Waals surface area contributed by atoms with Crippen LogP contribution < -0.4 is 5.32 Å². The van der Waals surface area contributed by atoms with Crippen molar-refractivity contribution in [2.75, 3.05) is 13.1 Å². The fraction of sp³-hybridized carbons (Fsp3) is 1.00. The highest BCUT2D eigenvalue weighted by molar-refractivity contribution is 4.96. The highest BCUT2D eigenvalue weighted by Crippen LogP contribution is 2.34. The van der Waals surface area contributed by atoms with Gasteiger partial charge >= 0.3 is 0 Å². The van der Waals surface area contributed by atoms with E-state index in [-0.39, 0.29) is 0 Å². The lowest BCUT2D eigenvalue weighted by Crippen LogP contribution is -2.63. The van der Waals surface area contributed by atoms with Crippen LogP contribution in [-0.2, 0) is 0 Å². The van der Waals surface area contributed by atoms with Crippen LogP contribution in [0.4, 0.5) is 0 Å². The highest BCUT2D eigenvalue weighted by Gasteiger charge is 2.39. The van der Waals surface area contributed by atoms with Crippen molar-refractivity contribution in [2.45, 2.75) is 78.9 Å². The standard InChI is InChI=1S/C17H34N2/c1-12(2)15-10-18-16(17(4,5)6)11-19(15)14-8-7-13(3)9-14/h12-16,18H,7-11H2,1-6H3. The maximum atomic E-state index is 3.81. The number of piperazine rings is 1. The van der Waals surface area contributed by atoms with Crippen LogP contribution in [0.25, 0.3) is 0 Å². The monoisotopic (exact) mass is 266 g/mol. The molecular formula is C17H34N2. The van der Waals surface area contributed by atoms with Crippen LogP contribution >= 0.6 is 0 Å². The summed E-state index contributed by atoms with van der Waals surface area (Å²) in [6, 6.07) is 2.21. The SMILES string of the molecule is CC1CCC(N2CC(C(C)(C)C)NCC2C(C)C)C1. The Balaban J connectivity index is 2.09. The molecule has 2 aliphatic rings. The van der Waals surface area contributed by atoms with Gasteiger partial charge in [-0.25, -0.2) is 0 Å². The first kappa shape index (κ1) is 15.3. The quantitative estimate of drug-likeness (QED) is 0.822. The first-order valence-corrected chi connectivity index (χ1v) is 8.28. The van der Waals surface area contributed by atoms with Gasteiger partial charge in [0.15, 0.2) is 0 Å². The Morgan fingerprint density at radius 2 is 1.84 bits per heavy atom. The van der Waals surface area contributed by atoms with Crippen molar-refractivity contribution >= 4 is 0 Å². The van der Waals surface area contributed by atoms with Gasteiger partial charge in [-0.1, -0.05) is 41.5 Å². The Kier molecular flexibility index (Phi) is 4.62. The zero-order valence-corrected chi connectivity index (χ0v) is 13.9. The lowest BCUT2D eigenvalue weighted by molar-refractivity contribution is 0.0299. The van der Waals surface area contributed by atoms with Crippen LogP contribution in [0.2, 0.25) is 0 Å². The summed E-state index contributed by atoms with van der Waals surface area (Å²) in [6.07, 6.45) is 4.26. The summed E-state index contributed by atoms with van der Waals surface area (Å²) in [6.45, 7) is 16.7. The predicted octanol–water partition coefficient (Wildman–Crippen LogP) is 3.52. The van der Waals surface area contributed by atoms with E-state index in [0.717, 1.165) is 23.9 Å². The van der Waals surface area contributed by atoms with Crippen molar-refractivity contribution in [3.05, 3.63) is 0 Å². The molecule has 2 heteroatoms. The molecule has 0 bridgehead atoms. The first-order valence-electron chi connectivity index (χ1n) is 8.28. The molecule has 19 heavy (non-hydrogen) atoms. The van der Waals surface area contributed by atoms with Gasteiger partial charge in [-0.2, -0.15) is 0 Å². The number of nitrogens with zero attached hydrogens (tertiary/aromatic N) is 1. The van der Waals surface area contributed by atoms with Crippen LogP contribution in [0.1, 0.15) is 60.8 Å². The molecule has 0 radical (unpaired) electrons. The van der Waals surface area contributed by atoms with Crippen LogP contribution in [0.3, 0.4) is 0 Å². The van der Waals surface area contributed by atoms with E-state index in [1.165, 1.54) is 32.4 Å². The van der Waals surface area contributed by atoms with E-state index < -0.39 is 0 Å². The van der Waals surface area contributed by atoms with Gasteiger partial charge in [0.25, 0.3) is 0 Å². The molecule has 1 aliphatic carbocycles. The van der Waals surface area contributed by atoms with E-state index in [2.05, 4.69) is 51.8 Å². The van der Waals surface area contributed by atoms with Gasteiger partial charge in [-0.3, -0.25) is 4.90 Å². The maximum absolute atomic E-state index is 3.81. The van der Waals surface area contributed by atoms with E-state index >= 15 is 0 Å². The van der Waals surface area contributed by atoms with Crippen LogP contribution in [-0.4, -0.2) is 36.1 Å². The molecule has 2 rings (SSSR count). The third-order valence-electron chi connectivity index (χ3n) is 5.34. The van der Waals surface area contributed by atoms with Crippen molar-refractivity contribution in [1.29, 1.82) is 0 Å². The molecule has 2 nitrogen and oxygen atoms in total. The fourth-order valence-corrected chi connectivity index (χ4v) is 3.89. The Hall–Kier alpha value is -0.0800. The van der Waals surface area contributed by atoms with E-state index in [4.69, 9.17) is 0 Å². The molecule has 112 valence electrons. The van der Waals surface area contributed by atoms with E-state index in [1.807, 2.05) is 0 Å². The summed E-state index contributed by atoms with van der Waals surface area (Å²) in [5, 5.41) is 3.81. The zero-order valence-electron chi connectivity index (χ0n) is 13.9. The van der Waals surface area contributed by atoms with Gasteiger partial charge in [-0.15, -0.1) is 0 Å². The van der Waals surface area contributed by atoms with Crippen LogP contribution in [0, 0.1) is 17.3 Å². The molecule has 4 unspecified atom stereocenters. The van der Waals surface area contributed by atoms with Crippen LogP contribution in [0.15, 0.2) is 0 Å². The lowest BCUT2D eigenvalue weighted by Gasteiger charge is -2.49. The second kappa shape index (κ2) is 5.73. The van der Waals surface area contributed by atoms with Gasteiger partial charge in [0, 0.05) is 31.2 Å². The number of hydrogen-bond acceptors (Lipinski definition) is 2. The smallest absolute Gasteiger partial charge is 0.0247 e. The summed E-state index contributed by atoms with van der Waals surface area (Å²) < 4.78 is 0. The summed E-state index contributed by atoms with van der Waals surface area (Å²) in [5.41, 5.74) is 0.365. The number of hydrogen-bond donors (Lipinski definition) is 1. The Bertz CT molecular complexity index is 292. The van der Waals surface area contributed by atoms with E-state index in [0.29, 0.717) is 11.5 Å². The maximum Gasteiger partial charge on any atom is 0.0247 e. The normalized spacial score (nSPS) is 38.1. The largest absolute Gasteiger partial charge is 0.311 e. The average molecular weight is 266 g/mol. The minimum Gasteiger partial charge on any atom is -0.311 e. The third-order valence-corrected chi connectivity index (χ3v) is 5.34. The highest BCUT2D eigenvalue weighted by atomic mass is 15.3. The van der Waals surface area contributed by atoms with Crippen molar-refractivity contribution in [2.24, 2.45) is 17.3 Å². The molecule has 0 spiro atoms. The molecule has 2 fully saturated rings. The summed E-state index contributed by atoms with van der Waals surface area (Å²) >= 11 is 0. The fourth-order valence-electron chi connectivity index (χ4n) is 3.89. The average Bonchev–Trinajstić information content (AvgIpc) is 2.73. The summed E-state index contributed by atoms with van der Waals surface area (Å²) in [7, 11) is 0. The van der Waals surface area contributed by atoms with Gasteiger partial charge in [0.1, 0.15) is 0 Å². The van der Waals surface area contributed by atoms with Crippen molar-refractivity contribution in [3.63, 3.8) is 0 Å². The molecule has 4 atom stereocenters. The Morgan fingerprint density at radius 1 is 1.16 bits per heavy atom. The lowest BCUT2D eigenvalue weighted by atomic mass is 9.83. The van der Waals surface area contributed by atoms with Gasteiger partial charge in [-0.05, 0) is 36.5 Å². The summed E-state index contributed by atoms with van der Waals surface area (Å²) in [4.78, 5) is 2.86. The molecule has 1 saturated heterocycles. The molecule has 1 saturated carbocycles. The molecule has 1 N–H and O–H groups in total. The molecule has 0 aromatic heterocycles. The molecular weight excluding hydrogens is 232 g/mol. The number of rotatable bonds is 2. The topological polar surface area (TPSA) is 15.3 Å². The molecule has 1 heterocycles. The zero-order chi connectivity index (χ0) is 14.2. The van der Waals surface area contributed by atoms with Gasteiger partial charge in [0.05, 0.1) is 0 Å². The van der Waals surface area contributed by atoms with Gasteiger partial charge in [0.2, 0.25) is 0 Å². The van der Waals surface area contributed by atoms with E-state index in [9.17, 15) is 0 Å². The molecule has 0 amide bonds. The van der Waals surface area contributed by atoms with Crippen molar-refractivity contribution in [3.8, 4) is 0 Å². The van der Waals surface area contributed by atoms with Crippen LogP contribution in [0.5, 0.6) is 0 Å². The summed E-state index contributed by atoms with van der Waals surface area (Å²) in [5.74, 6) is 1.69. The van der Waals surface area contributed by atoms with Gasteiger partial charge < -0.3 is 5.32 Å². The molecule has 1 aliphatic heterocycles. The molecule has 0 aromatic carbocycles. The minimum absolute atomic E-state index is 0.365. The number of nitrogens with one attached hydrogen (secondary N) is 1. The van der Waals surface area contributed by atoms with Crippen molar-refractivity contribution in [1.82, 2.24) is 10.2 Å².